The molecule has 0 radical (unpaired) electrons. The Morgan fingerprint density at radius 3 is 2.61 bits per heavy atom. The molecule has 1 aliphatic rings. The summed E-state index contributed by atoms with van der Waals surface area (Å²) in [5, 5.41) is 11.8. The first kappa shape index (κ1) is 15.0. The molecule has 3 nitrogen and oxygen atoms in total. The lowest BCUT2D eigenvalue weighted by Gasteiger charge is -2.26. The summed E-state index contributed by atoms with van der Waals surface area (Å²) in [6.45, 7) is 5.06. The fourth-order valence-electron chi connectivity index (χ4n) is 2.68. The van der Waals surface area contributed by atoms with Crippen LogP contribution in [0.15, 0.2) is 0 Å². The average molecular weight is 250 g/mol. The second-order valence-corrected chi connectivity index (χ2v) is 5.68. The van der Waals surface area contributed by atoms with Gasteiger partial charge in [0.05, 0.1) is 6.07 Å². The molecular formula is C15H26N2O. The summed E-state index contributed by atoms with van der Waals surface area (Å²) in [6.07, 6.45) is 7.88. The third-order valence-corrected chi connectivity index (χ3v) is 4.04. The first-order valence-corrected chi connectivity index (χ1v) is 7.34. The molecule has 1 N–H and O–H groups in total. The topological polar surface area (TPSA) is 52.9 Å². The average Bonchev–Trinajstić information content (AvgIpc) is 2.38. The zero-order valence-electron chi connectivity index (χ0n) is 11.7. The highest BCUT2D eigenvalue weighted by molar-refractivity contribution is 5.80. The Morgan fingerprint density at radius 2 is 2.06 bits per heavy atom. The minimum atomic E-state index is -0.457. The second-order valence-electron chi connectivity index (χ2n) is 5.68. The van der Waals surface area contributed by atoms with Gasteiger partial charge in [-0.1, -0.05) is 46.0 Å². The van der Waals surface area contributed by atoms with E-state index in [0.717, 1.165) is 31.2 Å². The molecule has 1 rings (SSSR count). The summed E-state index contributed by atoms with van der Waals surface area (Å²) in [5.74, 6) is 1.11. The van der Waals surface area contributed by atoms with E-state index < -0.39 is 5.92 Å². The van der Waals surface area contributed by atoms with Crippen LogP contribution >= 0.6 is 0 Å². The van der Waals surface area contributed by atoms with E-state index in [0.29, 0.717) is 6.42 Å². The van der Waals surface area contributed by atoms with Crippen molar-refractivity contribution in [3.8, 4) is 6.07 Å². The summed E-state index contributed by atoms with van der Waals surface area (Å²) < 4.78 is 0. The number of nitrogens with one attached hydrogen (secondary N) is 1. The SMILES string of the molecule is CCCC(C#N)C(=O)NCCC1CCC(C)CC1. The van der Waals surface area contributed by atoms with Gasteiger partial charge in [0.2, 0.25) is 5.91 Å². The van der Waals surface area contributed by atoms with Crippen molar-refractivity contribution in [2.45, 2.75) is 58.8 Å². The van der Waals surface area contributed by atoms with Gasteiger partial charge in [-0.25, -0.2) is 0 Å². The van der Waals surface area contributed by atoms with Crippen LogP contribution in [0.3, 0.4) is 0 Å². The van der Waals surface area contributed by atoms with Crippen molar-refractivity contribution in [1.29, 1.82) is 5.26 Å². The summed E-state index contributed by atoms with van der Waals surface area (Å²) in [7, 11) is 0. The van der Waals surface area contributed by atoms with Crippen molar-refractivity contribution in [3.05, 3.63) is 0 Å². The van der Waals surface area contributed by atoms with Crippen molar-refractivity contribution >= 4 is 5.91 Å². The van der Waals surface area contributed by atoms with Gasteiger partial charge in [-0.3, -0.25) is 4.79 Å². The van der Waals surface area contributed by atoms with E-state index in [1.807, 2.05) is 6.92 Å². The first-order chi connectivity index (χ1) is 8.67. The lowest BCUT2D eigenvalue weighted by atomic mass is 9.81. The molecule has 1 unspecified atom stereocenters. The Labute approximate surface area is 111 Å². The molecule has 0 bridgehead atoms. The molecule has 0 heterocycles. The highest BCUT2D eigenvalue weighted by atomic mass is 16.1. The van der Waals surface area contributed by atoms with Gasteiger partial charge in [-0.15, -0.1) is 0 Å². The Morgan fingerprint density at radius 1 is 1.39 bits per heavy atom. The number of nitrogens with zero attached hydrogens (tertiary/aromatic N) is 1. The Balaban J connectivity index is 2.17. The Bertz CT molecular complexity index is 287. The van der Waals surface area contributed by atoms with Crippen LogP contribution < -0.4 is 5.32 Å². The van der Waals surface area contributed by atoms with Gasteiger partial charge in [-0.2, -0.15) is 5.26 Å². The van der Waals surface area contributed by atoms with Crippen LogP contribution in [0, 0.1) is 29.1 Å². The summed E-state index contributed by atoms with van der Waals surface area (Å²) in [6, 6.07) is 2.08. The van der Waals surface area contributed by atoms with E-state index in [4.69, 9.17) is 5.26 Å². The molecule has 1 aliphatic carbocycles. The molecule has 0 aromatic rings. The summed E-state index contributed by atoms with van der Waals surface area (Å²) in [5.41, 5.74) is 0. The highest BCUT2D eigenvalue weighted by Crippen LogP contribution is 2.29. The van der Waals surface area contributed by atoms with Gasteiger partial charge in [0, 0.05) is 6.54 Å². The predicted octanol–water partition coefficient (Wildman–Crippen LogP) is 3.26. The zero-order valence-corrected chi connectivity index (χ0v) is 11.7. The van der Waals surface area contributed by atoms with Crippen molar-refractivity contribution in [3.63, 3.8) is 0 Å². The van der Waals surface area contributed by atoms with Crippen LogP contribution in [0.4, 0.5) is 0 Å². The van der Waals surface area contributed by atoms with E-state index in [2.05, 4.69) is 18.3 Å². The zero-order chi connectivity index (χ0) is 13.4. The Kier molecular flexibility index (Phi) is 6.78. The van der Waals surface area contributed by atoms with Crippen LogP contribution in [0.25, 0.3) is 0 Å². The minimum Gasteiger partial charge on any atom is -0.355 e. The normalized spacial score (nSPS) is 25.2. The van der Waals surface area contributed by atoms with Crippen LogP contribution in [0.1, 0.15) is 58.8 Å². The minimum absolute atomic E-state index is 0.0801. The van der Waals surface area contributed by atoms with E-state index >= 15 is 0 Å². The van der Waals surface area contributed by atoms with Crippen molar-refractivity contribution in [1.82, 2.24) is 5.32 Å². The molecular weight excluding hydrogens is 224 g/mol. The molecule has 0 aromatic heterocycles. The molecule has 102 valence electrons. The van der Waals surface area contributed by atoms with Gasteiger partial charge in [0.15, 0.2) is 0 Å². The molecule has 0 aliphatic heterocycles. The molecule has 18 heavy (non-hydrogen) atoms. The van der Waals surface area contributed by atoms with E-state index in [1.165, 1.54) is 25.7 Å². The van der Waals surface area contributed by atoms with Gasteiger partial charge >= 0.3 is 0 Å². The smallest absolute Gasteiger partial charge is 0.237 e. The quantitative estimate of drug-likeness (QED) is 0.786. The summed E-state index contributed by atoms with van der Waals surface area (Å²) >= 11 is 0. The van der Waals surface area contributed by atoms with E-state index in [-0.39, 0.29) is 5.91 Å². The number of rotatable bonds is 6. The van der Waals surface area contributed by atoms with Crippen LogP contribution in [-0.4, -0.2) is 12.5 Å². The molecule has 0 aromatic carbocycles. The molecule has 1 saturated carbocycles. The van der Waals surface area contributed by atoms with Crippen LogP contribution in [0.2, 0.25) is 0 Å². The summed E-state index contributed by atoms with van der Waals surface area (Å²) in [4.78, 5) is 11.7. The monoisotopic (exact) mass is 250 g/mol. The lowest BCUT2D eigenvalue weighted by Crippen LogP contribution is -2.32. The lowest BCUT2D eigenvalue weighted by molar-refractivity contribution is -0.123. The fraction of sp³-hybridized carbons (Fsp3) is 0.867. The van der Waals surface area contributed by atoms with Gasteiger partial charge in [-0.05, 0) is 24.7 Å². The maximum Gasteiger partial charge on any atom is 0.237 e. The third kappa shape index (κ3) is 5.08. The van der Waals surface area contributed by atoms with Gasteiger partial charge in [0.25, 0.3) is 0 Å². The number of carbonyl (C=O) groups excluding carboxylic acids is 1. The van der Waals surface area contributed by atoms with E-state index in [1.54, 1.807) is 0 Å². The molecule has 1 amide bonds. The maximum atomic E-state index is 11.7. The van der Waals surface area contributed by atoms with Crippen LogP contribution in [-0.2, 0) is 4.79 Å². The largest absolute Gasteiger partial charge is 0.355 e. The number of hydrogen-bond acceptors (Lipinski definition) is 2. The second kappa shape index (κ2) is 8.13. The molecule has 1 fully saturated rings. The number of amides is 1. The van der Waals surface area contributed by atoms with Crippen LogP contribution in [0.5, 0.6) is 0 Å². The van der Waals surface area contributed by atoms with E-state index in [9.17, 15) is 4.79 Å². The molecule has 1 atom stereocenters. The molecule has 0 saturated heterocycles. The van der Waals surface area contributed by atoms with Crippen molar-refractivity contribution in [2.75, 3.05) is 6.54 Å². The number of hydrogen-bond donors (Lipinski definition) is 1. The predicted molar refractivity (Wildman–Crippen MR) is 72.8 cm³/mol. The Hall–Kier alpha value is -1.04. The van der Waals surface area contributed by atoms with Crippen molar-refractivity contribution in [2.24, 2.45) is 17.8 Å². The fourth-order valence-corrected chi connectivity index (χ4v) is 2.68. The molecule has 3 heteroatoms. The van der Waals surface area contributed by atoms with Gasteiger partial charge in [0.1, 0.15) is 5.92 Å². The first-order valence-electron chi connectivity index (χ1n) is 7.34. The number of carbonyl (C=O) groups is 1. The molecule has 0 spiro atoms. The van der Waals surface area contributed by atoms with Crippen molar-refractivity contribution < 1.29 is 4.79 Å². The van der Waals surface area contributed by atoms with Gasteiger partial charge < -0.3 is 5.32 Å². The highest BCUT2D eigenvalue weighted by Gasteiger charge is 2.19. The maximum absolute atomic E-state index is 11.7. The third-order valence-electron chi connectivity index (χ3n) is 4.04. The standard InChI is InChI=1S/C15H26N2O/c1-3-4-14(11-16)15(18)17-10-9-13-7-5-12(2)6-8-13/h12-14H,3-10H2,1-2H3,(H,17,18). The number of nitriles is 1.